The number of nitrogens with zero attached hydrogens (tertiary/aromatic N) is 4. The fraction of sp³-hybridized carbons (Fsp3) is 0.0714. The van der Waals surface area contributed by atoms with Crippen LogP contribution in [-0.4, -0.2) is 14.5 Å². The van der Waals surface area contributed by atoms with Gasteiger partial charge in [-0.05, 0) is 36.8 Å². The van der Waals surface area contributed by atoms with Crippen molar-refractivity contribution in [2.24, 2.45) is 0 Å². The number of benzene rings is 1. The molecule has 20 heavy (non-hydrogen) atoms. The van der Waals surface area contributed by atoms with Gasteiger partial charge < -0.3 is 5.73 Å². The number of aromatic nitrogens is 3. The Morgan fingerprint density at radius 3 is 2.90 bits per heavy atom. The van der Waals surface area contributed by atoms with Gasteiger partial charge in [0.05, 0.1) is 11.3 Å². The minimum atomic E-state index is 0.316. The highest BCUT2D eigenvalue weighted by Crippen LogP contribution is 2.27. The molecule has 2 aromatic heterocycles. The number of nitrogen functional groups attached to an aromatic ring is 1. The molecule has 0 fully saturated rings. The maximum absolute atomic E-state index is 9.27. The van der Waals surface area contributed by atoms with Crippen molar-refractivity contribution in [1.29, 1.82) is 5.26 Å². The first kappa shape index (κ1) is 12.6. The largest absolute Gasteiger partial charge is 0.369 e. The monoisotopic (exact) mass is 327 g/mol. The molecule has 5 nitrogen and oxygen atoms in total. The first-order valence-corrected chi connectivity index (χ1v) is 6.70. The zero-order chi connectivity index (χ0) is 14.3. The van der Waals surface area contributed by atoms with Gasteiger partial charge in [0.15, 0.2) is 5.65 Å². The second-order valence-corrected chi connectivity index (χ2v) is 5.29. The number of imidazole rings is 1. The maximum Gasteiger partial charge on any atom is 0.207 e. The van der Waals surface area contributed by atoms with E-state index < -0.39 is 0 Å². The molecule has 0 spiro atoms. The molecule has 6 heteroatoms. The lowest BCUT2D eigenvalue weighted by Gasteiger charge is -2.08. The Balaban J connectivity index is 2.42. The molecule has 1 aromatic carbocycles. The summed E-state index contributed by atoms with van der Waals surface area (Å²) in [6, 6.07) is 9.43. The Morgan fingerprint density at radius 1 is 1.35 bits per heavy atom. The molecular formula is C14H10BrN5. The minimum absolute atomic E-state index is 0.316. The predicted octanol–water partition coefficient (Wildman–Crippen LogP) is 2.95. The molecule has 0 aliphatic rings. The van der Waals surface area contributed by atoms with Gasteiger partial charge in [0.25, 0.3) is 0 Å². The van der Waals surface area contributed by atoms with Crippen molar-refractivity contribution in [3.8, 4) is 11.8 Å². The molecule has 98 valence electrons. The fourth-order valence-electron chi connectivity index (χ4n) is 2.13. The quantitative estimate of drug-likeness (QED) is 0.745. The van der Waals surface area contributed by atoms with Crippen LogP contribution in [0.4, 0.5) is 5.95 Å². The highest BCUT2D eigenvalue weighted by molar-refractivity contribution is 9.10. The second-order valence-electron chi connectivity index (χ2n) is 4.38. The molecule has 0 aliphatic carbocycles. The van der Waals surface area contributed by atoms with Crippen molar-refractivity contribution in [3.05, 3.63) is 46.1 Å². The second kappa shape index (κ2) is 4.62. The third-order valence-electron chi connectivity index (χ3n) is 3.10. The van der Waals surface area contributed by atoms with Gasteiger partial charge in [0.2, 0.25) is 5.95 Å². The molecule has 0 amide bonds. The number of hydrogen-bond acceptors (Lipinski definition) is 4. The van der Waals surface area contributed by atoms with Crippen LogP contribution < -0.4 is 5.73 Å². The summed E-state index contributed by atoms with van der Waals surface area (Å²) in [6.45, 7) is 1.95. The summed E-state index contributed by atoms with van der Waals surface area (Å²) in [5.41, 5.74) is 9.59. The van der Waals surface area contributed by atoms with Gasteiger partial charge >= 0.3 is 0 Å². The number of rotatable bonds is 1. The molecule has 3 rings (SSSR count). The van der Waals surface area contributed by atoms with Gasteiger partial charge in [-0.1, -0.05) is 15.9 Å². The van der Waals surface area contributed by atoms with Crippen LogP contribution in [0.25, 0.3) is 16.9 Å². The fourth-order valence-corrected chi connectivity index (χ4v) is 2.48. The highest BCUT2D eigenvalue weighted by Gasteiger charge is 2.15. The number of fused-ring (bicyclic) bond motifs is 1. The van der Waals surface area contributed by atoms with Gasteiger partial charge in [0.1, 0.15) is 11.6 Å². The van der Waals surface area contributed by atoms with Gasteiger partial charge in [-0.3, -0.25) is 4.57 Å². The standard InChI is InChI=1S/C14H10BrN5/c1-8-4-5-18-13-12(8)19-14(17)20(13)11-6-10(15)3-2-9(11)7-16/h2-6H,1H3,(H2,17,19). The van der Waals surface area contributed by atoms with Crippen LogP contribution in [0.15, 0.2) is 34.9 Å². The lowest BCUT2D eigenvalue weighted by Crippen LogP contribution is -2.03. The van der Waals surface area contributed by atoms with Crippen LogP contribution in [0.1, 0.15) is 11.1 Å². The van der Waals surface area contributed by atoms with Crippen molar-refractivity contribution < 1.29 is 0 Å². The summed E-state index contributed by atoms with van der Waals surface area (Å²) >= 11 is 3.41. The third kappa shape index (κ3) is 1.84. The number of halogens is 1. The van der Waals surface area contributed by atoms with Crippen LogP contribution in [0.3, 0.4) is 0 Å². The Hall–Kier alpha value is -2.39. The average Bonchev–Trinajstić information content (AvgIpc) is 2.76. The zero-order valence-electron chi connectivity index (χ0n) is 10.6. The molecule has 0 radical (unpaired) electrons. The van der Waals surface area contributed by atoms with E-state index in [4.69, 9.17) is 5.73 Å². The lowest BCUT2D eigenvalue weighted by atomic mass is 10.2. The summed E-state index contributed by atoms with van der Waals surface area (Å²) in [5, 5.41) is 9.27. The van der Waals surface area contributed by atoms with E-state index in [1.807, 2.05) is 25.1 Å². The van der Waals surface area contributed by atoms with Crippen LogP contribution in [0.2, 0.25) is 0 Å². The van der Waals surface area contributed by atoms with E-state index in [2.05, 4.69) is 32.0 Å². The van der Waals surface area contributed by atoms with E-state index in [-0.39, 0.29) is 0 Å². The van der Waals surface area contributed by atoms with Gasteiger partial charge in [-0.2, -0.15) is 5.26 Å². The number of nitriles is 1. The van der Waals surface area contributed by atoms with E-state index in [9.17, 15) is 5.26 Å². The SMILES string of the molecule is Cc1ccnc2c1nc(N)n2-c1cc(Br)ccc1C#N. The molecular weight excluding hydrogens is 318 g/mol. The smallest absolute Gasteiger partial charge is 0.207 e. The van der Waals surface area contributed by atoms with Gasteiger partial charge in [-0.15, -0.1) is 0 Å². The summed E-state index contributed by atoms with van der Waals surface area (Å²) < 4.78 is 2.56. The maximum atomic E-state index is 9.27. The molecule has 2 heterocycles. The van der Waals surface area contributed by atoms with Crippen LogP contribution in [0, 0.1) is 18.3 Å². The van der Waals surface area contributed by atoms with Crippen LogP contribution >= 0.6 is 15.9 Å². The Kier molecular flexibility index (Phi) is 2.92. The van der Waals surface area contributed by atoms with Crippen molar-refractivity contribution in [1.82, 2.24) is 14.5 Å². The third-order valence-corrected chi connectivity index (χ3v) is 3.59. The van der Waals surface area contributed by atoms with Crippen LogP contribution in [-0.2, 0) is 0 Å². The minimum Gasteiger partial charge on any atom is -0.369 e. The van der Waals surface area contributed by atoms with Gasteiger partial charge in [0, 0.05) is 10.7 Å². The van der Waals surface area contributed by atoms with Crippen LogP contribution in [0.5, 0.6) is 0 Å². The Labute approximate surface area is 123 Å². The average molecular weight is 328 g/mol. The van der Waals surface area contributed by atoms with E-state index in [0.717, 1.165) is 15.6 Å². The van der Waals surface area contributed by atoms with Crippen molar-refractivity contribution in [2.45, 2.75) is 6.92 Å². The topological polar surface area (TPSA) is 80.5 Å². The molecule has 0 saturated carbocycles. The van der Waals surface area contributed by atoms with Gasteiger partial charge in [-0.25, -0.2) is 9.97 Å². The molecule has 0 aliphatic heterocycles. The van der Waals surface area contributed by atoms with E-state index in [0.29, 0.717) is 22.8 Å². The summed E-state index contributed by atoms with van der Waals surface area (Å²) in [6.07, 6.45) is 1.71. The number of hydrogen-bond donors (Lipinski definition) is 1. The van der Waals surface area contributed by atoms with E-state index in [1.54, 1.807) is 16.8 Å². The first-order valence-electron chi connectivity index (χ1n) is 5.91. The summed E-state index contributed by atoms with van der Waals surface area (Å²) in [4.78, 5) is 8.69. The zero-order valence-corrected chi connectivity index (χ0v) is 12.2. The summed E-state index contributed by atoms with van der Waals surface area (Å²) in [5.74, 6) is 0.316. The summed E-state index contributed by atoms with van der Waals surface area (Å²) in [7, 11) is 0. The van der Waals surface area contributed by atoms with E-state index >= 15 is 0 Å². The lowest BCUT2D eigenvalue weighted by molar-refractivity contribution is 1.07. The molecule has 3 aromatic rings. The molecule has 0 unspecified atom stereocenters. The van der Waals surface area contributed by atoms with E-state index in [1.165, 1.54) is 0 Å². The first-order chi connectivity index (χ1) is 9.61. The number of pyridine rings is 1. The predicted molar refractivity (Wildman–Crippen MR) is 80.4 cm³/mol. The van der Waals surface area contributed by atoms with Crippen molar-refractivity contribution in [2.75, 3.05) is 5.73 Å². The number of anilines is 1. The Bertz CT molecular complexity index is 860. The number of aryl methyl sites for hydroxylation is 1. The van der Waals surface area contributed by atoms with Crippen molar-refractivity contribution in [3.63, 3.8) is 0 Å². The highest BCUT2D eigenvalue weighted by atomic mass is 79.9. The molecule has 0 atom stereocenters. The molecule has 0 saturated heterocycles. The normalized spacial score (nSPS) is 10.7. The molecule has 0 bridgehead atoms. The Morgan fingerprint density at radius 2 is 2.15 bits per heavy atom. The number of nitrogens with two attached hydrogens (primary N) is 1. The molecule has 2 N–H and O–H groups in total. The van der Waals surface area contributed by atoms with Crippen molar-refractivity contribution >= 4 is 33.0 Å².